The molecule has 14 heavy (non-hydrogen) atoms. The Kier molecular flexibility index (Phi) is 1.96. The fraction of sp³-hybridized carbons (Fsp3) is 0.222. The number of aliphatic hydroxyl groups excluding tert-OH is 1. The molecule has 0 atom stereocenters. The number of aromatic nitrogens is 2. The standard InChI is InChI=1S/C9H8F2N2O/c10-9(11,4-14)6-1-2-7-8(3-6)13-5-12-7/h1-3,5,14H,4H2,(H,12,13). The minimum atomic E-state index is -3.20. The zero-order valence-corrected chi connectivity index (χ0v) is 7.17. The molecule has 0 fully saturated rings. The van der Waals surface area contributed by atoms with Gasteiger partial charge in [-0.25, -0.2) is 4.98 Å². The third-order valence-electron chi connectivity index (χ3n) is 2.04. The van der Waals surface area contributed by atoms with Crippen LogP contribution in [0, 0.1) is 0 Å². The topological polar surface area (TPSA) is 48.9 Å². The van der Waals surface area contributed by atoms with E-state index in [1.165, 1.54) is 24.5 Å². The Morgan fingerprint density at radius 2 is 2.21 bits per heavy atom. The zero-order chi connectivity index (χ0) is 10.2. The number of hydrogen-bond donors (Lipinski definition) is 2. The highest BCUT2D eigenvalue weighted by Gasteiger charge is 2.30. The summed E-state index contributed by atoms with van der Waals surface area (Å²) in [5, 5.41) is 8.49. The van der Waals surface area contributed by atoms with Crippen LogP contribution >= 0.6 is 0 Å². The fourth-order valence-electron chi connectivity index (χ4n) is 1.25. The smallest absolute Gasteiger partial charge is 0.295 e. The molecule has 1 heterocycles. The SMILES string of the molecule is OCC(F)(F)c1ccc2nc[nH]c2c1. The number of halogens is 2. The Labute approximate surface area is 78.4 Å². The van der Waals surface area contributed by atoms with E-state index in [-0.39, 0.29) is 5.56 Å². The van der Waals surface area contributed by atoms with Crippen LogP contribution in [0.25, 0.3) is 11.0 Å². The van der Waals surface area contributed by atoms with Crippen molar-refractivity contribution in [1.82, 2.24) is 9.97 Å². The van der Waals surface area contributed by atoms with Gasteiger partial charge in [0.25, 0.3) is 5.92 Å². The lowest BCUT2D eigenvalue weighted by molar-refractivity contribution is -0.0555. The Morgan fingerprint density at radius 3 is 2.93 bits per heavy atom. The first-order chi connectivity index (χ1) is 6.63. The lowest BCUT2D eigenvalue weighted by Gasteiger charge is -2.12. The molecule has 0 saturated heterocycles. The molecule has 0 aliphatic heterocycles. The van der Waals surface area contributed by atoms with Crippen LogP contribution in [0.2, 0.25) is 0 Å². The number of nitrogens with zero attached hydrogens (tertiary/aromatic N) is 1. The number of benzene rings is 1. The zero-order valence-electron chi connectivity index (χ0n) is 7.17. The first-order valence-electron chi connectivity index (χ1n) is 4.06. The molecular formula is C9H8F2N2O. The number of nitrogens with one attached hydrogen (secondary N) is 1. The number of fused-ring (bicyclic) bond motifs is 1. The molecule has 0 saturated carbocycles. The molecule has 0 bridgehead atoms. The number of H-pyrrole nitrogens is 1. The molecular weight excluding hydrogens is 190 g/mol. The van der Waals surface area contributed by atoms with Gasteiger partial charge in [0.15, 0.2) is 0 Å². The van der Waals surface area contributed by atoms with E-state index in [9.17, 15) is 8.78 Å². The summed E-state index contributed by atoms with van der Waals surface area (Å²) >= 11 is 0. The molecule has 2 rings (SSSR count). The van der Waals surface area contributed by atoms with Crippen molar-refractivity contribution in [3.05, 3.63) is 30.1 Å². The Bertz CT molecular complexity index is 453. The minimum Gasteiger partial charge on any atom is -0.390 e. The highest BCUT2D eigenvalue weighted by Crippen LogP contribution is 2.28. The highest BCUT2D eigenvalue weighted by atomic mass is 19.3. The maximum Gasteiger partial charge on any atom is 0.295 e. The van der Waals surface area contributed by atoms with Crippen LogP contribution in [0.4, 0.5) is 8.78 Å². The normalized spacial score (nSPS) is 12.2. The second-order valence-electron chi connectivity index (χ2n) is 3.00. The molecule has 0 aliphatic rings. The van der Waals surface area contributed by atoms with E-state index >= 15 is 0 Å². The van der Waals surface area contributed by atoms with E-state index in [4.69, 9.17) is 5.11 Å². The second-order valence-corrected chi connectivity index (χ2v) is 3.00. The van der Waals surface area contributed by atoms with Gasteiger partial charge in [-0.15, -0.1) is 0 Å². The van der Waals surface area contributed by atoms with Crippen molar-refractivity contribution < 1.29 is 13.9 Å². The second kappa shape index (κ2) is 3.02. The van der Waals surface area contributed by atoms with Crippen LogP contribution in [-0.4, -0.2) is 21.7 Å². The lowest BCUT2D eigenvalue weighted by Crippen LogP contribution is -2.18. The molecule has 2 aromatic rings. The van der Waals surface area contributed by atoms with Crippen LogP contribution in [0.3, 0.4) is 0 Å². The minimum absolute atomic E-state index is 0.211. The van der Waals surface area contributed by atoms with Crippen molar-refractivity contribution in [3.63, 3.8) is 0 Å². The van der Waals surface area contributed by atoms with Crippen LogP contribution in [0.5, 0.6) is 0 Å². The summed E-state index contributed by atoms with van der Waals surface area (Å²) in [6.45, 7) is -1.19. The predicted octanol–water partition coefficient (Wildman–Crippen LogP) is 1.65. The van der Waals surface area contributed by atoms with E-state index in [2.05, 4.69) is 9.97 Å². The quantitative estimate of drug-likeness (QED) is 0.770. The summed E-state index contributed by atoms with van der Waals surface area (Å²) in [6.07, 6.45) is 1.44. The Hall–Kier alpha value is -1.49. The van der Waals surface area contributed by atoms with Crippen LogP contribution in [0.15, 0.2) is 24.5 Å². The van der Waals surface area contributed by atoms with Gasteiger partial charge in [0.05, 0.1) is 17.4 Å². The molecule has 0 spiro atoms. The molecule has 5 heteroatoms. The first-order valence-corrected chi connectivity index (χ1v) is 4.06. The van der Waals surface area contributed by atoms with Gasteiger partial charge < -0.3 is 10.1 Å². The van der Waals surface area contributed by atoms with Gasteiger partial charge in [0.1, 0.15) is 6.61 Å². The summed E-state index contributed by atoms with van der Waals surface area (Å²) in [4.78, 5) is 6.63. The summed E-state index contributed by atoms with van der Waals surface area (Å²) in [6, 6.07) is 4.04. The average Bonchev–Trinajstić information content (AvgIpc) is 2.64. The molecule has 1 aromatic carbocycles. The van der Waals surface area contributed by atoms with Crippen LogP contribution < -0.4 is 0 Å². The van der Waals surface area contributed by atoms with E-state index in [0.29, 0.717) is 11.0 Å². The van der Waals surface area contributed by atoms with E-state index < -0.39 is 12.5 Å². The third-order valence-corrected chi connectivity index (χ3v) is 2.04. The molecule has 0 radical (unpaired) electrons. The van der Waals surface area contributed by atoms with Gasteiger partial charge in [-0.3, -0.25) is 0 Å². The fourth-order valence-corrected chi connectivity index (χ4v) is 1.25. The summed E-state index contributed by atoms with van der Waals surface area (Å²) in [7, 11) is 0. The molecule has 2 N–H and O–H groups in total. The number of imidazole rings is 1. The number of hydrogen-bond acceptors (Lipinski definition) is 2. The number of rotatable bonds is 2. The maximum absolute atomic E-state index is 13.0. The summed E-state index contributed by atoms with van der Waals surface area (Å²) in [5.41, 5.74) is 0.954. The number of aliphatic hydroxyl groups is 1. The molecule has 0 aliphatic carbocycles. The van der Waals surface area contributed by atoms with Gasteiger partial charge in [-0.05, 0) is 12.1 Å². The van der Waals surface area contributed by atoms with E-state index in [1.807, 2.05) is 0 Å². The van der Waals surface area contributed by atoms with E-state index in [0.717, 1.165) is 0 Å². The Morgan fingerprint density at radius 1 is 1.43 bits per heavy atom. The van der Waals surface area contributed by atoms with Crippen LogP contribution in [-0.2, 0) is 5.92 Å². The van der Waals surface area contributed by atoms with Crippen LogP contribution in [0.1, 0.15) is 5.56 Å². The average molecular weight is 198 g/mol. The predicted molar refractivity (Wildman–Crippen MR) is 47.1 cm³/mol. The molecule has 3 nitrogen and oxygen atoms in total. The Balaban J connectivity index is 2.53. The molecule has 0 unspecified atom stereocenters. The van der Waals surface area contributed by atoms with Crippen molar-refractivity contribution in [3.8, 4) is 0 Å². The van der Waals surface area contributed by atoms with Crippen molar-refractivity contribution in [1.29, 1.82) is 0 Å². The summed E-state index contributed by atoms with van der Waals surface area (Å²) < 4.78 is 26.1. The largest absolute Gasteiger partial charge is 0.390 e. The van der Waals surface area contributed by atoms with Gasteiger partial charge >= 0.3 is 0 Å². The van der Waals surface area contributed by atoms with Gasteiger partial charge in [0.2, 0.25) is 0 Å². The van der Waals surface area contributed by atoms with Crippen molar-refractivity contribution in [2.75, 3.05) is 6.61 Å². The lowest BCUT2D eigenvalue weighted by atomic mass is 10.1. The third kappa shape index (κ3) is 1.35. The number of alkyl halides is 2. The number of aromatic amines is 1. The van der Waals surface area contributed by atoms with Gasteiger partial charge in [-0.1, -0.05) is 6.07 Å². The first kappa shape index (κ1) is 9.08. The van der Waals surface area contributed by atoms with Crippen molar-refractivity contribution >= 4 is 11.0 Å². The van der Waals surface area contributed by atoms with Gasteiger partial charge in [0, 0.05) is 5.56 Å². The molecule has 0 amide bonds. The highest BCUT2D eigenvalue weighted by molar-refractivity contribution is 5.75. The maximum atomic E-state index is 13.0. The molecule has 1 aromatic heterocycles. The summed E-state index contributed by atoms with van der Waals surface area (Å²) in [5.74, 6) is -3.20. The van der Waals surface area contributed by atoms with E-state index in [1.54, 1.807) is 0 Å². The van der Waals surface area contributed by atoms with Crippen molar-refractivity contribution in [2.45, 2.75) is 5.92 Å². The monoisotopic (exact) mass is 198 g/mol. The molecule has 74 valence electrons. The van der Waals surface area contributed by atoms with Crippen molar-refractivity contribution in [2.24, 2.45) is 0 Å². The van der Waals surface area contributed by atoms with Gasteiger partial charge in [-0.2, -0.15) is 8.78 Å².